The first kappa shape index (κ1) is 17.1. The Morgan fingerprint density at radius 3 is 2.17 bits per heavy atom. The van der Waals surface area contributed by atoms with Crippen molar-refractivity contribution in [1.29, 1.82) is 0 Å². The lowest BCUT2D eigenvalue weighted by Gasteiger charge is -2.17. The lowest BCUT2D eigenvalue weighted by Crippen LogP contribution is -2.06. The van der Waals surface area contributed by atoms with Crippen molar-refractivity contribution in [2.45, 2.75) is 37.1 Å². The minimum absolute atomic E-state index is 0.167. The Morgan fingerprint density at radius 2 is 1.54 bits per heavy atom. The third-order valence-corrected chi connectivity index (χ3v) is 6.65. The van der Waals surface area contributed by atoms with E-state index >= 15 is 0 Å². The summed E-state index contributed by atoms with van der Waals surface area (Å²) in [7, 11) is 3.60. The molecular formula is C19H21N3S2. The number of benzene rings is 2. The molecule has 2 aromatic carbocycles. The van der Waals surface area contributed by atoms with E-state index in [1.54, 1.807) is 10.8 Å². The van der Waals surface area contributed by atoms with E-state index in [0.717, 1.165) is 22.8 Å². The summed E-state index contributed by atoms with van der Waals surface area (Å²) in [6.07, 6.45) is 0. The third kappa shape index (κ3) is 4.42. The highest BCUT2D eigenvalue weighted by atomic mass is 33.1. The molecule has 0 atom stereocenters. The molecule has 0 amide bonds. The molecule has 0 saturated heterocycles. The van der Waals surface area contributed by atoms with Crippen LogP contribution in [0.15, 0.2) is 65.7 Å². The molecule has 1 heterocycles. The normalized spacial score (nSPS) is 11.6. The van der Waals surface area contributed by atoms with E-state index in [4.69, 9.17) is 0 Å². The van der Waals surface area contributed by atoms with Gasteiger partial charge in [-0.2, -0.15) is 0 Å². The third-order valence-electron chi connectivity index (χ3n) is 3.28. The van der Waals surface area contributed by atoms with Crippen molar-refractivity contribution in [2.75, 3.05) is 0 Å². The molecule has 0 unspecified atom stereocenters. The molecule has 0 spiro atoms. The van der Waals surface area contributed by atoms with Crippen molar-refractivity contribution < 1.29 is 0 Å². The van der Waals surface area contributed by atoms with Gasteiger partial charge in [0.1, 0.15) is 10.7 Å². The van der Waals surface area contributed by atoms with Gasteiger partial charge >= 0.3 is 0 Å². The quantitative estimate of drug-likeness (QED) is 0.563. The fraction of sp³-hybridized carbons (Fsp3) is 0.263. The maximum absolute atomic E-state index is 4.46. The average molecular weight is 356 g/mol. The minimum Gasteiger partial charge on any atom is -0.233 e. The summed E-state index contributed by atoms with van der Waals surface area (Å²) in [6.45, 7) is 7.39. The van der Waals surface area contributed by atoms with Gasteiger partial charge in [-0.05, 0) is 16.4 Å². The summed E-state index contributed by atoms with van der Waals surface area (Å²) in [5.41, 5.74) is 3.28. The van der Waals surface area contributed by atoms with Crippen molar-refractivity contribution in [3.8, 4) is 11.3 Å². The van der Waals surface area contributed by atoms with Crippen LogP contribution in [0.2, 0.25) is 0 Å². The molecule has 0 aliphatic rings. The van der Waals surface area contributed by atoms with E-state index in [0.29, 0.717) is 0 Å². The number of hydrogen-bond acceptors (Lipinski definition) is 4. The van der Waals surface area contributed by atoms with Crippen molar-refractivity contribution in [3.05, 3.63) is 66.2 Å². The van der Waals surface area contributed by atoms with Gasteiger partial charge in [-0.3, -0.25) is 0 Å². The highest BCUT2D eigenvalue weighted by molar-refractivity contribution is 8.77. The molecule has 0 saturated carbocycles. The monoisotopic (exact) mass is 355 g/mol. The molecule has 0 radical (unpaired) electrons. The Morgan fingerprint density at radius 1 is 0.917 bits per heavy atom. The highest BCUT2D eigenvalue weighted by Crippen LogP contribution is 2.43. The van der Waals surface area contributed by atoms with Gasteiger partial charge in [-0.15, -0.1) is 5.10 Å². The molecule has 0 bridgehead atoms. The Bertz CT molecular complexity index is 777. The van der Waals surface area contributed by atoms with E-state index in [1.165, 1.54) is 5.56 Å². The van der Waals surface area contributed by atoms with Crippen LogP contribution in [0, 0.1) is 0 Å². The topological polar surface area (TPSA) is 30.7 Å². The van der Waals surface area contributed by atoms with Crippen molar-refractivity contribution >= 4 is 21.6 Å². The van der Waals surface area contributed by atoms with E-state index in [-0.39, 0.29) is 4.75 Å². The van der Waals surface area contributed by atoms with E-state index in [2.05, 4.69) is 67.5 Å². The van der Waals surface area contributed by atoms with Gasteiger partial charge in [-0.1, -0.05) is 97.4 Å². The summed E-state index contributed by atoms with van der Waals surface area (Å²) >= 11 is 0. The second kappa shape index (κ2) is 7.45. The summed E-state index contributed by atoms with van der Waals surface area (Å²) in [6, 6.07) is 20.7. The van der Waals surface area contributed by atoms with Crippen LogP contribution in [-0.2, 0) is 6.54 Å². The van der Waals surface area contributed by atoms with Crippen LogP contribution in [0.4, 0.5) is 0 Å². The number of hydrogen-bond donors (Lipinski definition) is 0. The lowest BCUT2D eigenvalue weighted by atomic mass is 10.2. The standard InChI is InChI=1S/C19H21N3S2/c1-19(2,3)24-23-18-17(16-12-8-5-9-13-16)20-21-22(18)14-15-10-6-4-7-11-15/h4-13H,14H2,1-3H3. The van der Waals surface area contributed by atoms with Crippen LogP contribution in [0.1, 0.15) is 26.3 Å². The molecule has 3 aromatic rings. The van der Waals surface area contributed by atoms with Gasteiger partial charge in [-0.25, -0.2) is 4.68 Å². The van der Waals surface area contributed by atoms with Gasteiger partial charge in [0.15, 0.2) is 0 Å². The van der Waals surface area contributed by atoms with Crippen LogP contribution in [0.3, 0.4) is 0 Å². The first-order valence-corrected chi connectivity index (χ1v) is 10.1. The van der Waals surface area contributed by atoms with E-state index in [1.807, 2.05) is 39.7 Å². The maximum atomic E-state index is 4.46. The van der Waals surface area contributed by atoms with Gasteiger partial charge in [0, 0.05) is 10.3 Å². The van der Waals surface area contributed by atoms with Crippen molar-refractivity contribution in [1.82, 2.24) is 15.0 Å². The Hall–Kier alpha value is -1.72. The number of aromatic nitrogens is 3. The second-order valence-electron chi connectivity index (χ2n) is 6.53. The Labute approximate surface area is 151 Å². The molecule has 3 nitrogen and oxygen atoms in total. The molecule has 0 aliphatic heterocycles. The van der Waals surface area contributed by atoms with Crippen molar-refractivity contribution in [2.24, 2.45) is 0 Å². The first-order chi connectivity index (χ1) is 11.5. The molecule has 3 rings (SSSR count). The lowest BCUT2D eigenvalue weighted by molar-refractivity contribution is 0.605. The van der Waals surface area contributed by atoms with Gasteiger partial charge < -0.3 is 0 Å². The van der Waals surface area contributed by atoms with Crippen molar-refractivity contribution in [3.63, 3.8) is 0 Å². The fourth-order valence-corrected chi connectivity index (χ4v) is 4.42. The molecular weight excluding hydrogens is 334 g/mol. The fourth-order valence-electron chi connectivity index (χ4n) is 2.19. The Balaban J connectivity index is 1.94. The van der Waals surface area contributed by atoms with Crippen LogP contribution < -0.4 is 0 Å². The molecule has 0 fully saturated rings. The summed E-state index contributed by atoms with van der Waals surface area (Å²) < 4.78 is 2.17. The van der Waals surface area contributed by atoms with Crippen LogP contribution >= 0.6 is 21.6 Å². The zero-order valence-corrected chi connectivity index (χ0v) is 15.8. The summed E-state index contributed by atoms with van der Waals surface area (Å²) in [5, 5.41) is 9.98. The van der Waals surface area contributed by atoms with E-state index < -0.39 is 0 Å². The Kier molecular flexibility index (Phi) is 5.31. The van der Waals surface area contributed by atoms with Crippen LogP contribution in [0.5, 0.6) is 0 Å². The van der Waals surface area contributed by atoms with Crippen LogP contribution in [0.25, 0.3) is 11.3 Å². The number of nitrogens with zero attached hydrogens (tertiary/aromatic N) is 3. The molecule has 0 N–H and O–H groups in total. The van der Waals surface area contributed by atoms with Gasteiger partial charge in [0.05, 0.1) is 6.54 Å². The predicted octanol–water partition coefficient (Wildman–Crippen LogP) is 5.53. The molecule has 1 aromatic heterocycles. The van der Waals surface area contributed by atoms with Crippen LogP contribution in [-0.4, -0.2) is 19.7 Å². The molecule has 0 aliphatic carbocycles. The number of rotatable bonds is 5. The second-order valence-corrected chi connectivity index (χ2v) is 9.48. The minimum atomic E-state index is 0.167. The smallest absolute Gasteiger partial charge is 0.133 e. The first-order valence-electron chi connectivity index (χ1n) is 7.91. The maximum Gasteiger partial charge on any atom is 0.133 e. The molecule has 124 valence electrons. The predicted molar refractivity (Wildman–Crippen MR) is 104 cm³/mol. The average Bonchev–Trinajstić information content (AvgIpc) is 2.97. The van der Waals surface area contributed by atoms with Gasteiger partial charge in [0.25, 0.3) is 0 Å². The summed E-state index contributed by atoms with van der Waals surface area (Å²) in [4.78, 5) is 0. The largest absolute Gasteiger partial charge is 0.233 e. The summed E-state index contributed by atoms with van der Waals surface area (Å²) in [5.74, 6) is 0. The zero-order valence-electron chi connectivity index (χ0n) is 14.1. The molecule has 24 heavy (non-hydrogen) atoms. The zero-order chi connectivity index (χ0) is 17.0. The highest BCUT2D eigenvalue weighted by Gasteiger charge is 2.19. The SMILES string of the molecule is CC(C)(C)SSc1c(-c2ccccc2)nnn1Cc1ccccc1. The van der Waals surface area contributed by atoms with Gasteiger partial charge in [0.2, 0.25) is 0 Å². The molecule has 5 heteroatoms. The van der Waals surface area contributed by atoms with E-state index in [9.17, 15) is 0 Å².